The molecule has 2 heterocycles. The molecule has 4 heteroatoms. The average molecular weight is 288 g/mol. The Hall–Kier alpha value is -1.36. The van der Waals surface area contributed by atoms with E-state index in [-0.39, 0.29) is 6.10 Å². The molecule has 1 saturated heterocycles. The molecule has 0 spiro atoms. The quantitative estimate of drug-likeness (QED) is 0.912. The van der Waals surface area contributed by atoms with Gasteiger partial charge in [-0.05, 0) is 43.9 Å². The Labute approximate surface area is 125 Å². The highest BCUT2D eigenvalue weighted by Gasteiger charge is 2.32. The van der Waals surface area contributed by atoms with Crippen LogP contribution >= 0.6 is 0 Å². The van der Waals surface area contributed by atoms with Crippen molar-refractivity contribution in [2.75, 3.05) is 19.7 Å². The van der Waals surface area contributed by atoms with Crippen LogP contribution in [0.2, 0.25) is 0 Å². The molecular weight excluding hydrogens is 264 g/mol. The number of morpholine rings is 1. The zero-order valence-corrected chi connectivity index (χ0v) is 13.0. The summed E-state index contributed by atoms with van der Waals surface area (Å²) in [7, 11) is 0. The van der Waals surface area contributed by atoms with Crippen LogP contribution in [0, 0.1) is 6.92 Å². The number of ether oxygens (including phenoxy) is 1. The van der Waals surface area contributed by atoms with Crippen molar-refractivity contribution >= 4 is 10.9 Å². The third-order valence-electron chi connectivity index (χ3n) is 4.17. The summed E-state index contributed by atoms with van der Waals surface area (Å²) in [5.41, 5.74) is 2.88. The number of aromatic nitrogens is 1. The Kier molecular flexibility index (Phi) is 3.78. The number of fused-ring (bicyclic) bond motifs is 1. The number of H-pyrrole nitrogens is 1. The van der Waals surface area contributed by atoms with Crippen molar-refractivity contribution < 1.29 is 9.84 Å². The molecule has 0 radical (unpaired) electrons. The monoisotopic (exact) mass is 288 g/mol. The SMILES string of the molecule is Cc1ccc2cc(CN3CCOC(C(C)(C)O)C3)[nH]c2c1. The molecule has 1 unspecified atom stereocenters. The molecule has 1 atom stereocenters. The number of benzene rings is 1. The van der Waals surface area contributed by atoms with Crippen molar-refractivity contribution in [1.82, 2.24) is 9.88 Å². The summed E-state index contributed by atoms with van der Waals surface area (Å²) in [5.74, 6) is 0. The van der Waals surface area contributed by atoms with Crippen LogP contribution in [0.15, 0.2) is 24.3 Å². The molecule has 0 saturated carbocycles. The summed E-state index contributed by atoms with van der Waals surface area (Å²) in [5, 5.41) is 11.4. The van der Waals surface area contributed by atoms with Gasteiger partial charge in [-0.1, -0.05) is 12.1 Å². The lowest BCUT2D eigenvalue weighted by molar-refractivity contribution is -0.128. The maximum Gasteiger partial charge on any atom is 0.0983 e. The number of nitrogens with zero attached hydrogens (tertiary/aromatic N) is 1. The topological polar surface area (TPSA) is 48.5 Å². The molecule has 1 aromatic carbocycles. The minimum Gasteiger partial charge on any atom is -0.388 e. The first-order valence-corrected chi connectivity index (χ1v) is 7.56. The third-order valence-corrected chi connectivity index (χ3v) is 4.17. The van der Waals surface area contributed by atoms with Gasteiger partial charge in [0, 0.05) is 30.8 Å². The fraction of sp³-hybridized carbons (Fsp3) is 0.529. The number of aliphatic hydroxyl groups is 1. The van der Waals surface area contributed by atoms with Crippen LogP contribution in [0.4, 0.5) is 0 Å². The Balaban J connectivity index is 1.72. The molecule has 0 aliphatic carbocycles. The molecule has 4 nitrogen and oxygen atoms in total. The van der Waals surface area contributed by atoms with Gasteiger partial charge in [-0.15, -0.1) is 0 Å². The van der Waals surface area contributed by atoms with Gasteiger partial charge in [-0.3, -0.25) is 4.90 Å². The first-order valence-electron chi connectivity index (χ1n) is 7.56. The predicted molar refractivity (Wildman–Crippen MR) is 84.4 cm³/mol. The Morgan fingerprint density at radius 2 is 2.19 bits per heavy atom. The summed E-state index contributed by atoms with van der Waals surface area (Å²) in [4.78, 5) is 5.83. The van der Waals surface area contributed by atoms with Crippen molar-refractivity contribution in [3.63, 3.8) is 0 Å². The van der Waals surface area contributed by atoms with Crippen LogP contribution in [0.1, 0.15) is 25.1 Å². The van der Waals surface area contributed by atoms with Crippen molar-refractivity contribution in [2.45, 2.75) is 39.0 Å². The fourth-order valence-electron chi connectivity index (χ4n) is 2.90. The van der Waals surface area contributed by atoms with Crippen molar-refractivity contribution in [1.29, 1.82) is 0 Å². The van der Waals surface area contributed by atoms with E-state index in [4.69, 9.17) is 4.74 Å². The highest BCUT2D eigenvalue weighted by Crippen LogP contribution is 2.21. The van der Waals surface area contributed by atoms with E-state index in [0.717, 1.165) is 19.6 Å². The average Bonchev–Trinajstić information content (AvgIpc) is 2.79. The number of hydrogen-bond donors (Lipinski definition) is 2. The first kappa shape index (κ1) is 14.6. The number of aryl methyl sites for hydroxylation is 1. The van der Waals surface area contributed by atoms with Gasteiger partial charge in [-0.25, -0.2) is 0 Å². The van der Waals surface area contributed by atoms with Crippen LogP contribution in [0.25, 0.3) is 10.9 Å². The number of hydrogen-bond acceptors (Lipinski definition) is 3. The summed E-state index contributed by atoms with van der Waals surface area (Å²) < 4.78 is 5.68. The second kappa shape index (κ2) is 5.44. The summed E-state index contributed by atoms with van der Waals surface area (Å²) in [6, 6.07) is 8.68. The first-order chi connectivity index (χ1) is 9.91. The zero-order valence-electron chi connectivity index (χ0n) is 13.0. The number of nitrogens with one attached hydrogen (secondary N) is 1. The molecule has 21 heavy (non-hydrogen) atoms. The number of rotatable bonds is 3. The van der Waals surface area contributed by atoms with Crippen LogP contribution in [0.5, 0.6) is 0 Å². The third kappa shape index (κ3) is 3.28. The van der Waals surface area contributed by atoms with Crippen molar-refractivity contribution in [3.05, 3.63) is 35.5 Å². The summed E-state index contributed by atoms with van der Waals surface area (Å²) in [6.07, 6.45) is -0.127. The molecule has 3 rings (SSSR count). The minimum atomic E-state index is -0.795. The lowest BCUT2D eigenvalue weighted by Crippen LogP contribution is -2.51. The molecule has 1 aliphatic rings. The van der Waals surface area contributed by atoms with Crippen LogP contribution in [0.3, 0.4) is 0 Å². The lowest BCUT2D eigenvalue weighted by atomic mass is 10.0. The second-order valence-corrected chi connectivity index (χ2v) is 6.63. The van der Waals surface area contributed by atoms with Gasteiger partial charge in [0.15, 0.2) is 0 Å². The molecule has 1 aromatic heterocycles. The molecule has 0 amide bonds. The largest absolute Gasteiger partial charge is 0.388 e. The molecule has 1 aliphatic heterocycles. The predicted octanol–water partition coefficient (Wildman–Crippen LogP) is 2.45. The van der Waals surface area contributed by atoms with E-state index in [0.29, 0.717) is 6.61 Å². The van der Waals surface area contributed by atoms with Crippen LogP contribution in [-0.2, 0) is 11.3 Å². The Bertz CT molecular complexity index is 627. The van der Waals surface area contributed by atoms with Gasteiger partial charge in [0.2, 0.25) is 0 Å². The van der Waals surface area contributed by atoms with Crippen molar-refractivity contribution in [3.8, 4) is 0 Å². The van der Waals surface area contributed by atoms with Gasteiger partial charge >= 0.3 is 0 Å². The summed E-state index contributed by atoms with van der Waals surface area (Å²) >= 11 is 0. The Morgan fingerprint density at radius 3 is 2.95 bits per heavy atom. The highest BCUT2D eigenvalue weighted by atomic mass is 16.5. The highest BCUT2D eigenvalue weighted by molar-refractivity contribution is 5.81. The van der Waals surface area contributed by atoms with Crippen molar-refractivity contribution in [2.24, 2.45) is 0 Å². The smallest absolute Gasteiger partial charge is 0.0983 e. The van der Waals surface area contributed by atoms with Crippen LogP contribution in [-0.4, -0.2) is 46.4 Å². The van der Waals surface area contributed by atoms with E-state index < -0.39 is 5.60 Å². The van der Waals surface area contributed by atoms with Crippen LogP contribution < -0.4 is 0 Å². The lowest BCUT2D eigenvalue weighted by Gasteiger charge is -2.38. The molecule has 2 N–H and O–H groups in total. The summed E-state index contributed by atoms with van der Waals surface area (Å²) in [6.45, 7) is 8.94. The van der Waals surface area contributed by atoms with E-state index >= 15 is 0 Å². The zero-order chi connectivity index (χ0) is 15.0. The second-order valence-electron chi connectivity index (χ2n) is 6.63. The van der Waals surface area contributed by atoms with Gasteiger partial charge in [0.25, 0.3) is 0 Å². The van der Waals surface area contributed by atoms with Gasteiger partial charge < -0.3 is 14.8 Å². The maximum absolute atomic E-state index is 10.1. The normalized spacial score (nSPS) is 21.0. The van der Waals surface area contributed by atoms with E-state index in [1.54, 1.807) is 0 Å². The molecule has 1 fully saturated rings. The fourth-order valence-corrected chi connectivity index (χ4v) is 2.90. The minimum absolute atomic E-state index is 0.127. The molecule has 2 aromatic rings. The number of aromatic amines is 1. The molecule has 0 bridgehead atoms. The Morgan fingerprint density at radius 1 is 1.38 bits per heavy atom. The maximum atomic E-state index is 10.1. The van der Waals surface area contributed by atoms with Gasteiger partial charge in [0.1, 0.15) is 0 Å². The van der Waals surface area contributed by atoms with Gasteiger partial charge in [-0.2, -0.15) is 0 Å². The van der Waals surface area contributed by atoms with E-state index in [1.165, 1.54) is 22.2 Å². The van der Waals surface area contributed by atoms with Gasteiger partial charge in [0.05, 0.1) is 18.3 Å². The molecule has 114 valence electrons. The van der Waals surface area contributed by atoms with E-state index in [1.807, 2.05) is 13.8 Å². The van der Waals surface area contributed by atoms with E-state index in [9.17, 15) is 5.11 Å². The van der Waals surface area contributed by atoms with E-state index in [2.05, 4.69) is 41.1 Å². The molecular formula is C17H24N2O2. The standard InChI is InChI=1S/C17H24N2O2/c1-12-4-5-13-9-14(18-15(13)8-12)10-19-6-7-21-16(11-19)17(2,3)20/h4-5,8-9,16,18,20H,6-7,10-11H2,1-3H3.